The van der Waals surface area contributed by atoms with Crippen LogP contribution in [-0.2, 0) is 14.8 Å². The maximum Gasteiger partial charge on any atom is 0.320 e. The second-order valence-electron chi connectivity index (χ2n) is 9.49. The average Bonchev–Trinajstić information content (AvgIpc) is 3.20. The van der Waals surface area contributed by atoms with Gasteiger partial charge >= 0.3 is 6.03 Å². The second kappa shape index (κ2) is 9.96. The third kappa shape index (κ3) is 6.31. The van der Waals surface area contributed by atoms with Crippen LogP contribution in [0.5, 0.6) is 0 Å². The van der Waals surface area contributed by atoms with Crippen molar-refractivity contribution in [1.82, 2.24) is 14.5 Å². The summed E-state index contributed by atoms with van der Waals surface area (Å²) >= 11 is 0. The van der Waals surface area contributed by atoms with Gasteiger partial charge < -0.3 is 14.5 Å². The first-order valence-corrected chi connectivity index (χ1v) is 13.3. The molecule has 3 rings (SSSR count). The molecule has 3 fully saturated rings. The molecule has 2 atom stereocenters. The summed E-state index contributed by atoms with van der Waals surface area (Å²) in [5, 5.41) is 0. The molecule has 0 radical (unpaired) electrons. The van der Waals surface area contributed by atoms with Crippen LogP contribution in [0, 0.1) is 11.8 Å². The molecule has 2 saturated heterocycles. The quantitative estimate of drug-likeness (QED) is 0.704. The van der Waals surface area contributed by atoms with Gasteiger partial charge in [0.15, 0.2) is 0 Å². The maximum atomic E-state index is 13.1. The minimum atomic E-state index is -3.34. The zero-order chi connectivity index (χ0) is 21.0. The van der Waals surface area contributed by atoms with E-state index in [1.807, 2.05) is 9.80 Å². The smallest absolute Gasteiger partial charge is 0.320 e. The molecule has 0 aromatic heterocycles. The summed E-state index contributed by atoms with van der Waals surface area (Å²) in [6, 6.07) is -0.480. The summed E-state index contributed by atoms with van der Waals surface area (Å²) in [5.41, 5.74) is 0. The number of hydrogen-bond acceptors (Lipinski definition) is 4. The van der Waals surface area contributed by atoms with E-state index in [1.165, 1.54) is 19.1 Å². The van der Waals surface area contributed by atoms with E-state index in [0.717, 1.165) is 57.5 Å². The number of hydrogen-bond donors (Lipinski definition) is 1. The molecule has 1 aliphatic carbocycles. The third-order valence-corrected chi connectivity index (χ3v) is 7.66. The second-order valence-corrected chi connectivity index (χ2v) is 11.3. The molecule has 0 aromatic rings. The summed E-state index contributed by atoms with van der Waals surface area (Å²) in [4.78, 5) is 16.9. The van der Waals surface area contributed by atoms with Crippen molar-refractivity contribution in [2.24, 2.45) is 11.8 Å². The predicted molar refractivity (Wildman–Crippen MR) is 114 cm³/mol. The highest BCUT2D eigenvalue weighted by Gasteiger charge is 2.38. The first kappa shape index (κ1) is 22.8. The van der Waals surface area contributed by atoms with E-state index in [-0.39, 0.29) is 24.2 Å². The van der Waals surface area contributed by atoms with Crippen LogP contribution in [0.4, 0.5) is 4.79 Å². The predicted octanol–water partition coefficient (Wildman–Crippen LogP) is 2.82. The topological polar surface area (TPSA) is 79.0 Å². The zero-order valence-corrected chi connectivity index (χ0v) is 19.1. The molecule has 1 N–H and O–H groups in total. The van der Waals surface area contributed by atoms with E-state index in [1.54, 1.807) is 0 Å². The number of likely N-dealkylation sites (tertiary alicyclic amines) is 2. The van der Waals surface area contributed by atoms with Gasteiger partial charge in [0.2, 0.25) is 10.0 Å². The van der Waals surface area contributed by atoms with Gasteiger partial charge in [0.1, 0.15) is 0 Å². The van der Waals surface area contributed by atoms with Crippen molar-refractivity contribution < 1.29 is 17.9 Å². The van der Waals surface area contributed by atoms with E-state index in [4.69, 9.17) is 4.74 Å². The van der Waals surface area contributed by atoms with Gasteiger partial charge in [-0.3, -0.25) is 0 Å². The van der Waals surface area contributed by atoms with Crippen LogP contribution in [0.15, 0.2) is 0 Å². The number of nitrogens with zero attached hydrogens (tertiary/aromatic N) is 2. The van der Waals surface area contributed by atoms with Crippen molar-refractivity contribution in [3.8, 4) is 0 Å². The normalized spacial score (nSPS) is 31.4. The fraction of sp³-hybridized carbons (Fsp3) is 0.952. The van der Waals surface area contributed by atoms with Crippen LogP contribution in [0.3, 0.4) is 0 Å². The lowest BCUT2D eigenvalue weighted by Crippen LogP contribution is -2.61. The molecule has 1 saturated carbocycles. The number of ether oxygens (including phenoxy) is 1. The zero-order valence-electron chi connectivity index (χ0n) is 18.3. The van der Waals surface area contributed by atoms with Gasteiger partial charge in [-0.2, -0.15) is 0 Å². The van der Waals surface area contributed by atoms with Crippen molar-refractivity contribution in [2.75, 3.05) is 32.5 Å². The molecule has 2 amide bonds. The Morgan fingerprint density at radius 1 is 1.03 bits per heavy atom. The molecule has 29 heavy (non-hydrogen) atoms. The van der Waals surface area contributed by atoms with Crippen LogP contribution in [0.25, 0.3) is 0 Å². The number of carbonyl (C=O) groups excluding carboxylic acids is 1. The van der Waals surface area contributed by atoms with E-state index >= 15 is 0 Å². The van der Waals surface area contributed by atoms with Gasteiger partial charge in [-0.1, -0.05) is 13.8 Å². The van der Waals surface area contributed by atoms with E-state index in [2.05, 4.69) is 18.6 Å². The van der Waals surface area contributed by atoms with Crippen LogP contribution in [0.1, 0.15) is 65.2 Å². The molecule has 0 unspecified atom stereocenters. The fourth-order valence-electron chi connectivity index (χ4n) is 5.16. The Balaban J connectivity index is 1.65. The number of piperidine rings is 1. The summed E-state index contributed by atoms with van der Waals surface area (Å²) in [6.07, 6.45) is 9.54. The third-order valence-electron chi connectivity index (χ3n) is 6.93. The fourth-order valence-corrected chi connectivity index (χ4v) is 5.98. The minimum absolute atomic E-state index is 0.0413. The van der Waals surface area contributed by atoms with Crippen molar-refractivity contribution in [3.63, 3.8) is 0 Å². The molecule has 0 bridgehead atoms. The highest BCUT2D eigenvalue weighted by molar-refractivity contribution is 7.88. The van der Waals surface area contributed by atoms with Gasteiger partial charge in [-0.25, -0.2) is 17.9 Å². The summed E-state index contributed by atoms with van der Waals surface area (Å²) in [5.74, 6) is 1.49. The number of sulfonamides is 1. The van der Waals surface area contributed by atoms with Crippen molar-refractivity contribution in [2.45, 2.75) is 83.4 Å². The summed E-state index contributed by atoms with van der Waals surface area (Å²) < 4.78 is 32.9. The largest absolute Gasteiger partial charge is 0.376 e. The molecule has 2 heterocycles. The van der Waals surface area contributed by atoms with Crippen LogP contribution < -0.4 is 4.72 Å². The molecule has 8 heteroatoms. The van der Waals surface area contributed by atoms with Gasteiger partial charge in [0.25, 0.3) is 0 Å². The maximum absolute atomic E-state index is 13.1. The number of nitrogens with one attached hydrogen (secondary N) is 1. The molecule has 0 spiro atoms. The Bertz CT molecular complexity index is 640. The van der Waals surface area contributed by atoms with Crippen molar-refractivity contribution >= 4 is 16.1 Å². The Kier molecular flexibility index (Phi) is 7.84. The summed E-state index contributed by atoms with van der Waals surface area (Å²) in [6.45, 7) is 7.25. The van der Waals surface area contributed by atoms with Crippen LogP contribution >= 0.6 is 0 Å². The molecular weight excluding hydrogens is 390 g/mol. The highest BCUT2D eigenvalue weighted by atomic mass is 32.2. The highest BCUT2D eigenvalue weighted by Crippen LogP contribution is 2.32. The Hall–Kier alpha value is -0.860. The first-order chi connectivity index (χ1) is 13.7. The molecule has 0 aromatic carbocycles. The SMILES string of the molecule is CC(C)C1CCC(OC[C@@H]2[C@H](NS(C)(=O)=O)CCCN2C(=O)N2CCCC2)CC1. The Morgan fingerprint density at radius 2 is 1.69 bits per heavy atom. The lowest BCUT2D eigenvalue weighted by atomic mass is 9.80. The first-order valence-electron chi connectivity index (χ1n) is 11.4. The van der Waals surface area contributed by atoms with Crippen molar-refractivity contribution in [1.29, 1.82) is 0 Å². The number of urea groups is 1. The van der Waals surface area contributed by atoms with Gasteiger partial charge in [0.05, 0.1) is 25.0 Å². The van der Waals surface area contributed by atoms with Crippen LogP contribution in [0.2, 0.25) is 0 Å². The number of rotatable bonds is 6. The van der Waals surface area contributed by atoms with E-state index in [0.29, 0.717) is 19.1 Å². The standard InChI is InChI=1S/C21H39N3O4S/c1-16(2)17-8-10-18(11-9-17)28-15-20-19(22-29(3,26)27)7-6-14-24(20)21(25)23-12-4-5-13-23/h16-20,22H,4-15H2,1-3H3/t17?,18?,19-,20-/m1/s1. The van der Waals surface area contributed by atoms with Crippen LogP contribution in [-0.4, -0.2) is 74.9 Å². The number of carbonyl (C=O) groups is 1. The average molecular weight is 430 g/mol. The van der Waals surface area contributed by atoms with Gasteiger partial charge in [-0.05, 0) is 63.2 Å². The number of amides is 2. The minimum Gasteiger partial charge on any atom is -0.376 e. The van der Waals surface area contributed by atoms with Crippen molar-refractivity contribution in [3.05, 3.63) is 0 Å². The molecule has 2 aliphatic heterocycles. The van der Waals surface area contributed by atoms with Gasteiger partial charge in [-0.15, -0.1) is 0 Å². The molecule has 7 nitrogen and oxygen atoms in total. The van der Waals surface area contributed by atoms with E-state index in [9.17, 15) is 13.2 Å². The molecule has 168 valence electrons. The lowest BCUT2D eigenvalue weighted by Gasteiger charge is -2.43. The summed E-state index contributed by atoms with van der Waals surface area (Å²) in [7, 11) is -3.34. The Morgan fingerprint density at radius 3 is 2.28 bits per heavy atom. The molecule has 3 aliphatic rings. The Labute approximate surface area is 176 Å². The molecular formula is C21H39N3O4S. The monoisotopic (exact) mass is 429 g/mol. The van der Waals surface area contributed by atoms with E-state index < -0.39 is 10.0 Å². The lowest BCUT2D eigenvalue weighted by molar-refractivity contribution is -0.0265. The van der Waals surface area contributed by atoms with Gasteiger partial charge in [0, 0.05) is 25.7 Å².